The highest BCUT2D eigenvalue weighted by atomic mass is 15.1. The molecule has 0 fully saturated rings. The maximum absolute atomic E-state index is 5.05. The average molecular weight is 242 g/mol. The molecule has 0 amide bonds. The lowest BCUT2D eigenvalue weighted by molar-refractivity contribution is 1.23. The fourth-order valence-electron chi connectivity index (χ4n) is 1.44. The van der Waals surface area contributed by atoms with Crippen LogP contribution >= 0.6 is 0 Å². The molecule has 0 unspecified atom stereocenters. The molecule has 3 aromatic rings. The zero-order chi connectivity index (χ0) is 12.8. The highest BCUT2D eigenvalue weighted by Gasteiger charge is 1.87. The lowest BCUT2D eigenvalue weighted by Gasteiger charge is -1.84. The highest BCUT2D eigenvalue weighted by Crippen LogP contribution is 2.09. The van der Waals surface area contributed by atoms with Crippen LogP contribution in [0.1, 0.15) is 0 Å². The van der Waals surface area contributed by atoms with Crippen molar-refractivity contribution in [3.8, 4) is 0 Å². The van der Waals surface area contributed by atoms with E-state index in [1.165, 1.54) is 10.9 Å². The second kappa shape index (κ2) is 5.53. The molecule has 6 heteroatoms. The second-order valence-corrected chi connectivity index (χ2v) is 3.51. The van der Waals surface area contributed by atoms with Crippen LogP contribution in [0.4, 0.5) is 5.95 Å². The van der Waals surface area contributed by atoms with E-state index in [0.717, 1.165) is 0 Å². The Balaban J connectivity index is 0.000000134. The molecule has 1 aromatic carbocycles. The van der Waals surface area contributed by atoms with Gasteiger partial charge in [0.25, 0.3) is 0 Å². The Kier molecular flexibility index (Phi) is 3.60. The van der Waals surface area contributed by atoms with Crippen LogP contribution in [0.3, 0.4) is 0 Å². The number of benzene rings is 1. The number of guanidine groups is 1. The molecule has 92 valence electrons. The van der Waals surface area contributed by atoms with Crippen LogP contribution in [-0.2, 0) is 0 Å². The Hall–Kier alpha value is -2.76. The smallest absolute Gasteiger partial charge is 0.230 e. The van der Waals surface area contributed by atoms with E-state index in [4.69, 9.17) is 11.5 Å². The van der Waals surface area contributed by atoms with Gasteiger partial charge in [0, 0.05) is 24.1 Å². The summed E-state index contributed by atoms with van der Waals surface area (Å²) in [6, 6.07) is 10.3. The number of nitrogens with zero attached hydrogens (tertiary/aromatic N) is 2. The molecule has 0 saturated heterocycles. The van der Waals surface area contributed by atoms with Crippen molar-refractivity contribution in [3.63, 3.8) is 0 Å². The molecular weight excluding hydrogens is 228 g/mol. The van der Waals surface area contributed by atoms with Gasteiger partial charge in [-0.05, 0) is 17.5 Å². The van der Waals surface area contributed by atoms with Gasteiger partial charge in [0.2, 0.25) is 5.95 Å². The number of aromatic amines is 2. The number of hydrogen-bond donors (Lipinski definition) is 4. The number of nitrogens with two attached hydrogens (primary N) is 2. The number of aliphatic imine (C=N–C) groups is 1. The summed E-state index contributed by atoms with van der Waals surface area (Å²) in [6.45, 7) is 0. The van der Waals surface area contributed by atoms with Crippen molar-refractivity contribution in [1.29, 1.82) is 0 Å². The summed E-state index contributed by atoms with van der Waals surface area (Å²) in [5.74, 6) is 0.431. The normalized spacial score (nSPS) is 9.56. The third-order valence-corrected chi connectivity index (χ3v) is 2.18. The van der Waals surface area contributed by atoms with E-state index in [1.807, 2.05) is 18.3 Å². The number of rotatable bonds is 1. The Labute approximate surface area is 104 Å². The summed E-state index contributed by atoms with van der Waals surface area (Å²) in [5.41, 5.74) is 11.3. The number of aromatic nitrogens is 3. The maximum atomic E-state index is 5.05. The lowest BCUT2D eigenvalue weighted by atomic mass is 10.3. The summed E-state index contributed by atoms with van der Waals surface area (Å²) < 4.78 is 0. The molecule has 6 N–H and O–H groups in total. The van der Waals surface area contributed by atoms with Crippen LogP contribution in [0.2, 0.25) is 0 Å². The molecule has 6 nitrogen and oxygen atoms in total. The summed E-state index contributed by atoms with van der Waals surface area (Å²) in [7, 11) is 0. The summed E-state index contributed by atoms with van der Waals surface area (Å²) in [4.78, 5) is 13.2. The minimum Gasteiger partial charge on any atom is -0.370 e. The third-order valence-electron chi connectivity index (χ3n) is 2.18. The molecule has 3 rings (SSSR count). The predicted molar refractivity (Wildman–Crippen MR) is 72.4 cm³/mol. The summed E-state index contributed by atoms with van der Waals surface area (Å²) >= 11 is 0. The Bertz CT molecular complexity index is 589. The van der Waals surface area contributed by atoms with E-state index in [0.29, 0.717) is 5.95 Å². The zero-order valence-corrected chi connectivity index (χ0v) is 9.67. The standard InChI is InChI=1S/C8H7N.C4H7N5/c1-2-4-8-7(3-1)5-6-9-8;5-3(6)9-4-7-1-2-8-4/h1-6,9H;1-2H,(H5,5,6,7,8,9). The first-order chi connectivity index (χ1) is 8.75. The molecule has 0 radical (unpaired) electrons. The number of hydrogen-bond acceptors (Lipinski definition) is 2. The first-order valence-corrected chi connectivity index (χ1v) is 5.37. The van der Waals surface area contributed by atoms with Crippen molar-refractivity contribution in [1.82, 2.24) is 15.0 Å². The second-order valence-electron chi connectivity index (χ2n) is 3.51. The maximum Gasteiger partial charge on any atom is 0.230 e. The van der Waals surface area contributed by atoms with Crippen LogP contribution in [0, 0.1) is 0 Å². The lowest BCUT2D eigenvalue weighted by Crippen LogP contribution is -2.22. The molecule has 0 spiro atoms. The van der Waals surface area contributed by atoms with Gasteiger partial charge in [-0.15, -0.1) is 0 Å². The van der Waals surface area contributed by atoms with Crippen LogP contribution in [0.5, 0.6) is 0 Å². The van der Waals surface area contributed by atoms with Gasteiger partial charge < -0.3 is 21.4 Å². The predicted octanol–water partition coefficient (Wildman–Crippen LogP) is 1.48. The topological polar surface area (TPSA) is 109 Å². The van der Waals surface area contributed by atoms with Gasteiger partial charge >= 0.3 is 0 Å². The van der Waals surface area contributed by atoms with Crippen LogP contribution in [0.25, 0.3) is 10.9 Å². The van der Waals surface area contributed by atoms with E-state index in [1.54, 1.807) is 12.4 Å². The quantitative estimate of drug-likeness (QED) is 0.383. The number of nitrogens with one attached hydrogen (secondary N) is 2. The first kappa shape index (κ1) is 11.7. The molecule has 18 heavy (non-hydrogen) atoms. The fourth-order valence-corrected chi connectivity index (χ4v) is 1.44. The van der Waals surface area contributed by atoms with E-state index in [2.05, 4.69) is 38.1 Å². The summed E-state index contributed by atoms with van der Waals surface area (Å²) in [6.07, 6.45) is 5.16. The SMILES string of the molecule is NC(N)=Nc1ncc[nH]1.c1ccc2[nH]ccc2c1. The molecule has 0 atom stereocenters. The molecule has 2 heterocycles. The minimum absolute atomic E-state index is 0.00458. The van der Waals surface area contributed by atoms with E-state index in [-0.39, 0.29) is 5.96 Å². The number of H-pyrrole nitrogens is 2. The van der Waals surface area contributed by atoms with Crippen molar-refractivity contribution in [2.24, 2.45) is 16.5 Å². The van der Waals surface area contributed by atoms with Gasteiger partial charge in [-0.3, -0.25) is 0 Å². The van der Waals surface area contributed by atoms with Crippen LogP contribution < -0.4 is 11.5 Å². The molecule has 0 saturated carbocycles. The van der Waals surface area contributed by atoms with E-state index < -0.39 is 0 Å². The number of imidazole rings is 1. The van der Waals surface area contributed by atoms with E-state index >= 15 is 0 Å². The van der Waals surface area contributed by atoms with Gasteiger partial charge in [-0.2, -0.15) is 4.99 Å². The Morgan fingerprint density at radius 3 is 2.56 bits per heavy atom. The Morgan fingerprint density at radius 2 is 1.89 bits per heavy atom. The van der Waals surface area contributed by atoms with Crippen LogP contribution in [-0.4, -0.2) is 20.9 Å². The van der Waals surface area contributed by atoms with Crippen molar-refractivity contribution in [2.75, 3.05) is 0 Å². The van der Waals surface area contributed by atoms with Crippen LogP contribution in [0.15, 0.2) is 53.9 Å². The number of para-hydroxylation sites is 1. The molecule has 0 bridgehead atoms. The highest BCUT2D eigenvalue weighted by molar-refractivity contribution is 5.78. The van der Waals surface area contributed by atoms with Crippen molar-refractivity contribution in [2.45, 2.75) is 0 Å². The first-order valence-electron chi connectivity index (χ1n) is 5.37. The van der Waals surface area contributed by atoms with Gasteiger partial charge in [0.15, 0.2) is 5.96 Å². The number of fused-ring (bicyclic) bond motifs is 1. The van der Waals surface area contributed by atoms with Crippen molar-refractivity contribution < 1.29 is 0 Å². The molecular formula is C12H14N6. The molecule has 2 aromatic heterocycles. The minimum atomic E-state index is 0.00458. The Morgan fingerprint density at radius 1 is 1.06 bits per heavy atom. The molecule has 0 aliphatic heterocycles. The zero-order valence-electron chi connectivity index (χ0n) is 9.67. The molecule has 0 aliphatic rings. The monoisotopic (exact) mass is 242 g/mol. The van der Waals surface area contributed by atoms with Gasteiger partial charge in [-0.25, -0.2) is 4.98 Å². The van der Waals surface area contributed by atoms with Gasteiger partial charge in [0.1, 0.15) is 0 Å². The third kappa shape index (κ3) is 3.11. The van der Waals surface area contributed by atoms with Gasteiger partial charge in [-0.1, -0.05) is 18.2 Å². The average Bonchev–Trinajstić information content (AvgIpc) is 2.98. The van der Waals surface area contributed by atoms with Gasteiger partial charge in [0.05, 0.1) is 0 Å². The van der Waals surface area contributed by atoms with Crippen molar-refractivity contribution >= 4 is 22.8 Å². The largest absolute Gasteiger partial charge is 0.370 e. The fraction of sp³-hybridized carbons (Fsp3) is 0. The molecule has 0 aliphatic carbocycles. The van der Waals surface area contributed by atoms with Crippen molar-refractivity contribution in [3.05, 3.63) is 48.9 Å². The van der Waals surface area contributed by atoms with E-state index in [9.17, 15) is 0 Å². The summed E-state index contributed by atoms with van der Waals surface area (Å²) in [5, 5.41) is 1.28.